The lowest BCUT2D eigenvalue weighted by atomic mass is 9.98. The topological polar surface area (TPSA) is 29.3 Å². The molecule has 2 aromatic rings. The second-order valence-corrected chi connectivity index (χ2v) is 5.06. The summed E-state index contributed by atoms with van der Waals surface area (Å²) in [6.45, 7) is 3.71. The molecule has 0 heterocycles. The molecular formula is C17H22N2. The molecule has 2 heteroatoms. The number of hydrogen-bond donors (Lipinski definition) is 1. The quantitative estimate of drug-likeness (QED) is 0.888. The highest BCUT2D eigenvalue weighted by molar-refractivity contribution is 5.47. The number of aryl methyl sites for hydroxylation is 1. The second kappa shape index (κ2) is 6.39. The minimum absolute atomic E-state index is 0.368. The molecule has 2 rings (SSSR count). The molecule has 1 unspecified atom stereocenters. The third-order valence-corrected chi connectivity index (χ3v) is 3.52. The number of hydrogen-bond acceptors (Lipinski definition) is 2. The van der Waals surface area contributed by atoms with Crippen LogP contribution in [-0.2, 0) is 0 Å². The van der Waals surface area contributed by atoms with Crippen LogP contribution in [0.2, 0.25) is 0 Å². The minimum atomic E-state index is 0.368. The molecule has 0 saturated heterocycles. The summed E-state index contributed by atoms with van der Waals surface area (Å²) >= 11 is 0. The molecule has 2 nitrogen and oxygen atoms in total. The molecule has 0 aliphatic rings. The standard InChI is InChI=1S/C17H22N2/c1-14-8-10-17(11-9-14)19(2)13-16(12-18)15-6-4-3-5-7-15/h3-11,16H,12-13,18H2,1-2H3. The van der Waals surface area contributed by atoms with Gasteiger partial charge < -0.3 is 10.6 Å². The number of rotatable bonds is 5. The fraction of sp³-hybridized carbons (Fsp3) is 0.294. The molecule has 0 bridgehead atoms. The summed E-state index contributed by atoms with van der Waals surface area (Å²) in [5.41, 5.74) is 9.76. The minimum Gasteiger partial charge on any atom is -0.374 e. The first-order valence-corrected chi connectivity index (χ1v) is 6.73. The van der Waals surface area contributed by atoms with Crippen LogP contribution in [0, 0.1) is 6.92 Å². The van der Waals surface area contributed by atoms with Gasteiger partial charge in [0.05, 0.1) is 0 Å². The van der Waals surface area contributed by atoms with Gasteiger partial charge in [-0.25, -0.2) is 0 Å². The van der Waals surface area contributed by atoms with Gasteiger partial charge in [-0.1, -0.05) is 48.0 Å². The van der Waals surface area contributed by atoms with Gasteiger partial charge in [0.1, 0.15) is 0 Å². The summed E-state index contributed by atoms with van der Waals surface area (Å²) in [4.78, 5) is 2.27. The van der Waals surface area contributed by atoms with Crippen molar-refractivity contribution in [3.05, 3.63) is 65.7 Å². The molecule has 0 spiro atoms. The highest BCUT2D eigenvalue weighted by Crippen LogP contribution is 2.20. The van der Waals surface area contributed by atoms with Crippen LogP contribution in [0.5, 0.6) is 0 Å². The number of nitrogens with zero attached hydrogens (tertiary/aromatic N) is 1. The summed E-state index contributed by atoms with van der Waals surface area (Å²) in [5, 5.41) is 0. The fourth-order valence-corrected chi connectivity index (χ4v) is 2.28. The second-order valence-electron chi connectivity index (χ2n) is 5.06. The monoisotopic (exact) mass is 254 g/mol. The molecule has 0 saturated carbocycles. The van der Waals surface area contributed by atoms with Crippen molar-refractivity contribution < 1.29 is 0 Å². The van der Waals surface area contributed by atoms with E-state index in [0.717, 1.165) is 6.54 Å². The lowest BCUT2D eigenvalue weighted by molar-refractivity contribution is 0.681. The van der Waals surface area contributed by atoms with Crippen LogP contribution in [0.15, 0.2) is 54.6 Å². The predicted octanol–water partition coefficient (Wildman–Crippen LogP) is 3.17. The first-order chi connectivity index (χ1) is 9.20. The molecule has 0 radical (unpaired) electrons. The molecule has 0 fully saturated rings. The zero-order chi connectivity index (χ0) is 13.7. The number of nitrogens with two attached hydrogens (primary N) is 1. The smallest absolute Gasteiger partial charge is 0.0363 e. The lowest BCUT2D eigenvalue weighted by Crippen LogP contribution is -2.28. The van der Waals surface area contributed by atoms with Gasteiger partial charge in [-0.3, -0.25) is 0 Å². The largest absolute Gasteiger partial charge is 0.374 e. The average Bonchev–Trinajstić information content (AvgIpc) is 2.46. The Morgan fingerprint density at radius 3 is 2.21 bits per heavy atom. The highest BCUT2D eigenvalue weighted by Gasteiger charge is 2.12. The Kier molecular flexibility index (Phi) is 4.58. The van der Waals surface area contributed by atoms with Crippen LogP contribution < -0.4 is 10.6 Å². The molecule has 2 N–H and O–H groups in total. The van der Waals surface area contributed by atoms with Crippen molar-refractivity contribution in [2.75, 3.05) is 25.0 Å². The molecule has 19 heavy (non-hydrogen) atoms. The zero-order valence-electron chi connectivity index (χ0n) is 11.7. The van der Waals surface area contributed by atoms with E-state index < -0.39 is 0 Å². The molecular weight excluding hydrogens is 232 g/mol. The van der Waals surface area contributed by atoms with Gasteiger partial charge >= 0.3 is 0 Å². The Bertz CT molecular complexity index is 490. The molecule has 100 valence electrons. The van der Waals surface area contributed by atoms with Crippen LogP contribution in [0.25, 0.3) is 0 Å². The Morgan fingerprint density at radius 2 is 1.63 bits per heavy atom. The maximum absolute atomic E-state index is 5.93. The summed E-state index contributed by atoms with van der Waals surface area (Å²) in [6.07, 6.45) is 0. The van der Waals surface area contributed by atoms with E-state index in [1.165, 1.54) is 16.8 Å². The van der Waals surface area contributed by atoms with Gasteiger partial charge in [0.15, 0.2) is 0 Å². The van der Waals surface area contributed by atoms with Crippen LogP contribution in [0.3, 0.4) is 0 Å². The Hall–Kier alpha value is -1.80. The van der Waals surface area contributed by atoms with Gasteiger partial charge in [0, 0.05) is 31.7 Å². The normalized spacial score (nSPS) is 12.2. The maximum Gasteiger partial charge on any atom is 0.0363 e. The molecule has 0 aliphatic carbocycles. The highest BCUT2D eigenvalue weighted by atomic mass is 15.1. The Labute approximate surface area is 115 Å². The molecule has 0 amide bonds. The van der Waals surface area contributed by atoms with Crippen molar-refractivity contribution in [1.82, 2.24) is 0 Å². The van der Waals surface area contributed by atoms with E-state index in [2.05, 4.69) is 67.4 Å². The van der Waals surface area contributed by atoms with Crippen LogP contribution >= 0.6 is 0 Å². The lowest BCUT2D eigenvalue weighted by Gasteiger charge is -2.25. The summed E-state index contributed by atoms with van der Waals surface area (Å²) in [6, 6.07) is 19.1. The van der Waals surface area contributed by atoms with Gasteiger partial charge in [0.25, 0.3) is 0 Å². The van der Waals surface area contributed by atoms with Crippen molar-refractivity contribution in [2.24, 2.45) is 5.73 Å². The third-order valence-electron chi connectivity index (χ3n) is 3.52. The number of likely N-dealkylation sites (N-methyl/N-ethyl adjacent to an activating group) is 1. The van der Waals surface area contributed by atoms with E-state index in [-0.39, 0.29) is 0 Å². The van der Waals surface area contributed by atoms with Crippen molar-refractivity contribution in [1.29, 1.82) is 0 Å². The van der Waals surface area contributed by atoms with Gasteiger partial charge in [0.2, 0.25) is 0 Å². The summed E-state index contributed by atoms with van der Waals surface area (Å²) < 4.78 is 0. The molecule has 1 atom stereocenters. The zero-order valence-corrected chi connectivity index (χ0v) is 11.7. The first kappa shape index (κ1) is 13.6. The average molecular weight is 254 g/mol. The number of benzene rings is 2. The maximum atomic E-state index is 5.93. The van der Waals surface area contributed by atoms with Crippen molar-refractivity contribution >= 4 is 5.69 Å². The van der Waals surface area contributed by atoms with Gasteiger partial charge in [-0.2, -0.15) is 0 Å². The SMILES string of the molecule is Cc1ccc(N(C)CC(CN)c2ccccc2)cc1. The van der Waals surface area contributed by atoms with E-state index >= 15 is 0 Å². The van der Waals surface area contributed by atoms with E-state index in [4.69, 9.17) is 5.73 Å². The van der Waals surface area contributed by atoms with Crippen molar-refractivity contribution in [3.63, 3.8) is 0 Å². The van der Waals surface area contributed by atoms with Crippen LogP contribution in [-0.4, -0.2) is 20.1 Å². The number of anilines is 1. The molecule has 0 aromatic heterocycles. The van der Waals surface area contributed by atoms with Crippen molar-refractivity contribution in [3.8, 4) is 0 Å². The predicted molar refractivity (Wildman–Crippen MR) is 82.7 cm³/mol. The molecule has 2 aromatic carbocycles. The van der Waals surface area contributed by atoms with E-state index in [0.29, 0.717) is 12.5 Å². The first-order valence-electron chi connectivity index (χ1n) is 6.73. The van der Waals surface area contributed by atoms with Crippen LogP contribution in [0.4, 0.5) is 5.69 Å². The Morgan fingerprint density at radius 1 is 1.00 bits per heavy atom. The van der Waals surface area contributed by atoms with E-state index in [9.17, 15) is 0 Å². The van der Waals surface area contributed by atoms with E-state index in [1.54, 1.807) is 0 Å². The van der Waals surface area contributed by atoms with E-state index in [1.807, 2.05) is 6.07 Å². The van der Waals surface area contributed by atoms with Crippen LogP contribution in [0.1, 0.15) is 17.0 Å². The summed E-state index contributed by atoms with van der Waals surface area (Å²) in [5.74, 6) is 0.368. The third kappa shape index (κ3) is 3.58. The molecule has 0 aliphatic heterocycles. The summed E-state index contributed by atoms with van der Waals surface area (Å²) in [7, 11) is 2.12. The fourth-order valence-electron chi connectivity index (χ4n) is 2.28. The van der Waals surface area contributed by atoms with Gasteiger partial charge in [-0.15, -0.1) is 0 Å². The van der Waals surface area contributed by atoms with Gasteiger partial charge in [-0.05, 0) is 24.6 Å². The Balaban J connectivity index is 2.08. The van der Waals surface area contributed by atoms with Crippen molar-refractivity contribution in [2.45, 2.75) is 12.8 Å².